The maximum Gasteiger partial charge on any atom is 0.252 e. The fraction of sp³-hybridized carbons (Fsp3) is 0.0222. The van der Waals surface area contributed by atoms with Crippen molar-refractivity contribution in [3.63, 3.8) is 0 Å². The largest absolute Gasteiger partial charge is 0.457 e. The summed E-state index contributed by atoms with van der Waals surface area (Å²) >= 11 is 0. The number of ether oxygens (including phenoxy) is 1. The highest BCUT2D eigenvalue weighted by molar-refractivity contribution is 7.02. The predicted molar refractivity (Wildman–Crippen MR) is 604 cm³/mol. The van der Waals surface area contributed by atoms with Gasteiger partial charge in [0.25, 0.3) is 20.1 Å². The Morgan fingerprint density at radius 3 is 0.726 bits per heavy atom. The van der Waals surface area contributed by atoms with E-state index < -0.39 is 16.2 Å². The first-order chi connectivity index (χ1) is 72.6. The maximum atomic E-state index is 6.67. The van der Waals surface area contributed by atoms with Crippen molar-refractivity contribution < 1.29 is 4.74 Å². The van der Waals surface area contributed by atoms with Crippen molar-refractivity contribution >= 4 is 189 Å². The number of hydrogen-bond donors (Lipinski definition) is 0. The van der Waals surface area contributed by atoms with Gasteiger partial charge in [-0.05, 0) is 262 Å². The van der Waals surface area contributed by atoms with Gasteiger partial charge in [-0.25, -0.2) is 0 Å². The van der Waals surface area contributed by atoms with E-state index >= 15 is 0 Å². The first-order valence-corrected chi connectivity index (χ1v) is 51.0. The van der Waals surface area contributed by atoms with Gasteiger partial charge in [0.15, 0.2) is 0 Å². The van der Waals surface area contributed by atoms with Crippen molar-refractivity contribution in [3.05, 3.63) is 588 Å². The molecule has 3 spiro atoms. The summed E-state index contributed by atoms with van der Waals surface area (Å²) in [5.41, 5.74) is 54.5. The molecule has 0 aromatic heterocycles. The molecule has 676 valence electrons. The molecule has 0 amide bonds. The minimum Gasteiger partial charge on any atom is -0.457 e. The Hall–Kier alpha value is -18.6. The van der Waals surface area contributed by atoms with Gasteiger partial charge < -0.3 is 39.0 Å². The standard InChI is InChI=1S/C49H32BN3.C43H27BN2O.C43H27BN2/c1-3-17-33(18-4-1)51-41-26-12-7-21-35(41)49(36-22-8-13-27-42(36)51)37-23-9-14-28-43(37)53-45-30-16-11-25-40(45)50-39-24-10-15-29-44(39)52(34-19-5-2-6-20-34)46-32-31-38(49)48(53)47(46)50;1-2-14-28(15-3-1)45-36-22-10-7-19-33(36)44-34-20-8-11-23-37(34)46-35-21-9-4-16-29(35)43(32-26-27-38(45)41(44)42(32)46)30-17-5-12-24-39(30)47-40-25-13-6-18-31(40)43;1-2-14-28(15-3-1)45-38-25-11-9-22-35(38)44-36-23-12-21-34-42(36)46(40-27-13-26-39(45)41(40)44)37-24-10-8-20-33(37)43(34)31-18-6-4-16-29(31)30-17-5-7-19-32(30)43/h1-32H;1-27H;1-27H. The van der Waals surface area contributed by atoms with Gasteiger partial charge >= 0.3 is 0 Å². The Balaban J connectivity index is 0.0000000978. The molecule has 0 radical (unpaired) electrons. The average molecular weight is 1850 g/mol. The summed E-state index contributed by atoms with van der Waals surface area (Å²) in [7, 11) is 0. The molecular weight excluding hydrogens is 1770 g/mol. The van der Waals surface area contributed by atoms with Crippen molar-refractivity contribution in [2.24, 2.45) is 0 Å². The van der Waals surface area contributed by atoms with Gasteiger partial charge in [-0.1, -0.05) is 376 Å². The van der Waals surface area contributed by atoms with Gasteiger partial charge in [0.1, 0.15) is 11.5 Å². The van der Waals surface area contributed by atoms with E-state index in [2.05, 4.69) is 556 Å². The average Bonchev–Trinajstić information content (AvgIpc) is 0.716. The molecule has 0 bridgehead atoms. The first kappa shape index (κ1) is 81.2. The SMILES string of the molecule is c1ccc(N2c3ccccc3B3c4cccc5c4N(c4ccccc4C54c5ccccc5-c5ccccc54)c4cccc2c43)cc1.c1ccc(N2c3ccccc3B3c4ccccc4N4c5ccccc5C5(c6ccccc6Oc6ccccc65)c5ccc2c3c54)cc1.c1ccc(N2c3ccccc3C3(c4ccccc42)c2ccccc2N2c4ccccc4B4c5ccccc5N(c5ccccc5)c5ccc3c2c54)cc1. The van der Waals surface area contributed by atoms with Gasteiger partial charge in [0.05, 0.1) is 44.7 Å². The van der Waals surface area contributed by atoms with Crippen molar-refractivity contribution in [2.45, 2.75) is 16.2 Å². The van der Waals surface area contributed by atoms with Crippen LogP contribution in [0.25, 0.3) is 11.1 Å². The Kier molecular flexibility index (Phi) is 17.1. The molecule has 0 saturated carbocycles. The molecule has 11 heterocycles. The highest BCUT2D eigenvalue weighted by Crippen LogP contribution is 2.69. The number of fused-ring (bicyclic) bond motifs is 39. The third-order valence-corrected chi connectivity index (χ3v) is 33.5. The summed E-state index contributed by atoms with van der Waals surface area (Å²) in [5, 5.41) is 0. The number of hydrogen-bond acceptors (Lipinski definition) is 8. The molecule has 0 fully saturated rings. The fourth-order valence-corrected chi connectivity index (χ4v) is 28.5. The summed E-state index contributed by atoms with van der Waals surface area (Å²) in [6, 6.07) is 193. The van der Waals surface area contributed by atoms with Crippen LogP contribution in [-0.4, -0.2) is 20.1 Å². The third kappa shape index (κ3) is 10.5. The lowest BCUT2D eigenvalue weighted by Crippen LogP contribution is -2.62. The third-order valence-electron chi connectivity index (χ3n) is 33.5. The van der Waals surface area contributed by atoms with E-state index in [4.69, 9.17) is 4.74 Å². The van der Waals surface area contributed by atoms with E-state index in [0.717, 1.165) is 28.6 Å². The summed E-state index contributed by atoms with van der Waals surface area (Å²) in [4.78, 5) is 17.6. The van der Waals surface area contributed by atoms with Crippen LogP contribution >= 0.6 is 0 Å². The van der Waals surface area contributed by atoms with Gasteiger partial charge in [0.2, 0.25) is 0 Å². The highest BCUT2D eigenvalue weighted by Gasteiger charge is 2.61. The molecular formula is C135H86B3N7O. The molecule has 11 aliphatic heterocycles. The molecule has 22 aromatic rings. The van der Waals surface area contributed by atoms with E-state index in [1.807, 2.05) is 0 Å². The summed E-state index contributed by atoms with van der Waals surface area (Å²) in [6.45, 7) is 0.264. The second-order valence-corrected chi connectivity index (χ2v) is 40.0. The topological polar surface area (TPSA) is 31.9 Å². The van der Waals surface area contributed by atoms with E-state index in [-0.39, 0.29) is 20.1 Å². The molecule has 0 saturated heterocycles. The van der Waals surface area contributed by atoms with Crippen LogP contribution in [0.3, 0.4) is 0 Å². The molecule has 0 unspecified atom stereocenters. The maximum absolute atomic E-state index is 6.67. The molecule has 0 N–H and O–H groups in total. The molecule has 1 aliphatic carbocycles. The Morgan fingerprint density at radius 1 is 0.137 bits per heavy atom. The number of benzene rings is 22. The van der Waals surface area contributed by atoms with E-state index in [9.17, 15) is 0 Å². The number of nitrogens with zero attached hydrogens (tertiary/aromatic N) is 7. The molecule has 11 heteroatoms. The molecule has 34 rings (SSSR count). The van der Waals surface area contributed by atoms with Crippen molar-refractivity contribution in [1.82, 2.24) is 0 Å². The van der Waals surface area contributed by atoms with Gasteiger partial charge in [-0.2, -0.15) is 0 Å². The van der Waals surface area contributed by atoms with Crippen LogP contribution in [0.2, 0.25) is 0 Å². The van der Waals surface area contributed by atoms with E-state index in [1.54, 1.807) is 0 Å². The lowest BCUT2D eigenvalue weighted by molar-refractivity contribution is 0.434. The van der Waals surface area contributed by atoms with Crippen LogP contribution in [0, 0.1) is 0 Å². The lowest BCUT2D eigenvalue weighted by atomic mass is 9.33. The van der Waals surface area contributed by atoms with Crippen LogP contribution in [0.15, 0.2) is 522 Å². The minimum absolute atomic E-state index is 0.0702. The number of para-hydroxylation sites is 17. The van der Waals surface area contributed by atoms with Crippen molar-refractivity contribution in [2.75, 3.05) is 34.3 Å². The molecule has 12 aliphatic rings. The molecule has 0 atom stereocenters. The van der Waals surface area contributed by atoms with Crippen molar-refractivity contribution in [3.8, 4) is 22.6 Å². The molecule has 8 nitrogen and oxygen atoms in total. The summed E-state index contributed by atoms with van der Waals surface area (Å²) in [5.74, 6) is 1.81. The predicted octanol–water partition coefficient (Wildman–Crippen LogP) is 27.3. The lowest BCUT2D eigenvalue weighted by Gasteiger charge is -2.54. The van der Waals surface area contributed by atoms with Crippen LogP contribution in [-0.2, 0) is 16.2 Å². The van der Waals surface area contributed by atoms with Gasteiger partial charge in [-0.3, -0.25) is 0 Å². The Bertz CT molecular complexity index is 9140. The minimum atomic E-state index is -0.582. The zero-order chi connectivity index (χ0) is 95.3. The van der Waals surface area contributed by atoms with Crippen LogP contribution in [0.5, 0.6) is 11.5 Å². The monoisotopic (exact) mass is 1850 g/mol. The van der Waals surface area contributed by atoms with Gasteiger partial charge in [0, 0.05) is 102 Å². The second kappa shape index (κ2) is 30.7. The molecule has 22 aromatic carbocycles. The normalized spacial score (nSPS) is 14.9. The molecule has 146 heavy (non-hydrogen) atoms. The highest BCUT2D eigenvalue weighted by atomic mass is 16.5. The first-order valence-electron chi connectivity index (χ1n) is 51.0. The smallest absolute Gasteiger partial charge is 0.252 e. The quantitative estimate of drug-likeness (QED) is 0.161. The second-order valence-electron chi connectivity index (χ2n) is 40.0. The van der Waals surface area contributed by atoms with E-state index in [1.165, 1.54) is 229 Å². The van der Waals surface area contributed by atoms with E-state index in [0.29, 0.717) is 0 Å². The Morgan fingerprint density at radius 2 is 0.356 bits per heavy atom. The Labute approximate surface area is 849 Å². The van der Waals surface area contributed by atoms with Crippen LogP contribution in [0.1, 0.15) is 66.8 Å². The van der Waals surface area contributed by atoms with Crippen LogP contribution in [0.4, 0.5) is 119 Å². The fourth-order valence-electron chi connectivity index (χ4n) is 28.5. The van der Waals surface area contributed by atoms with Crippen LogP contribution < -0.4 is 88.2 Å². The number of rotatable bonds is 4. The summed E-state index contributed by atoms with van der Waals surface area (Å²) in [6.07, 6.45) is 0. The summed E-state index contributed by atoms with van der Waals surface area (Å²) < 4.78 is 6.67. The number of anilines is 21. The van der Waals surface area contributed by atoms with Crippen molar-refractivity contribution in [1.29, 1.82) is 0 Å². The van der Waals surface area contributed by atoms with Gasteiger partial charge in [-0.15, -0.1) is 0 Å². The zero-order valence-corrected chi connectivity index (χ0v) is 79.4. The zero-order valence-electron chi connectivity index (χ0n) is 79.4.